The molecular formula is C22H21NO3S. The molecule has 1 atom stereocenters. The number of methoxy groups -OCH3 is 1. The summed E-state index contributed by atoms with van der Waals surface area (Å²) in [6.45, 7) is 1.86. The van der Waals surface area contributed by atoms with E-state index in [2.05, 4.69) is 23.5 Å². The number of phenolic OH excluding ortho intramolecular Hbond substituents is 1. The summed E-state index contributed by atoms with van der Waals surface area (Å²) in [4.78, 5) is 14.7. The van der Waals surface area contributed by atoms with Gasteiger partial charge >= 0.3 is 0 Å². The molecule has 0 saturated carbocycles. The summed E-state index contributed by atoms with van der Waals surface area (Å²) in [6.07, 6.45) is 1.97. The molecule has 0 radical (unpaired) electrons. The number of carbonyl (C=O) groups excluding carboxylic acids is 1. The lowest BCUT2D eigenvalue weighted by Crippen LogP contribution is -2.26. The third-order valence-corrected chi connectivity index (χ3v) is 6.22. The molecule has 0 spiro atoms. The van der Waals surface area contributed by atoms with Crippen LogP contribution in [0.25, 0.3) is 10.4 Å². The van der Waals surface area contributed by atoms with E-state index in [4.69, 9.17) is 4.74 Å². The first-order valence-corrected chi connectivity index (χ1v) is 9.77. The fourth-order valence-electron chi connectivity index (χ4n) is 3.54. The van der Waals surface area contributed by atoms with Crippen molar-refractivity contribution in [2.75, 3.05) is 7.11 Å². The van der Waals surface area contributed by atoms with Crippen molar-refractivity contribution < 1.29 is 14.6 Å². The van der Waals surface area contributed by atoms with E-state index in [0.29, 0.717) is 16.2 Å². The van der Waals surface area contributed by atoms with E-state index in [-0.39, 0.29) is 17.7 Å². The van der Waals surface area contributed by atoms with E-state index in [0.717, 1.165) is 12.8 Å². The average molecular weight is 379 g/mol. The third kappa shape index (κ3) is 3.30. The molecular weight excluding hydrogens is 358 g/mol. The molecule has 2 aromatic carbocycles. The molecule has 1 aliphatic rings. The van der Waals surface area contributed by atoms with Crippen LogP contribution < -0.4 is 10.1 Å². The topological polar surface area (TPSA) is 58.6 Å². The minimum absolute atomic E-state index is 0.124. The van der Waals surface area contributed by atoms with Gasteiger partial charge in [-0.25, -0.2) is 0 Å². The molecule has 1 aliphatic carbocycles. The second-order valence-corrected chi connectivity index (χ2v) is 7.79. The second-order valence-electron chi connectivity index (χ2n) is 6.74. The highest BCUT2D eigenvalue weighted by Gasteiger charge is 2.22. The molecule has 0 aliphatic heterocycles. The normalized spacial score (nSPS) is 13.4. The lowest BCUT2D eigenvalue weighted by Gasteiger charge is -2.16. The molecule has 0 bridgehead atoms. The molecule has 138 valence electrons. The van der Waals surface area contributed by atoms with Crippen LogP contribution in [-0.2, 0) is 12.8 Å². The number of ether oxygens (including phenoxy) is 1. The van der Waals surface area contributed by atoms with E-state index in [1.54, 1.807) is 25.3 Å². The monoisotopic (exact) mass is 379 g/mol. The van der Waals surface area contributed by atoms with Crippen LogP contribution in [0.3, 0.4) is 0 Å². The number of carbonyl (C=O) groups is 1. The van der Waals surface area contributed by atoms with Crippen LogP contribution >= 0.6 is 11.3 Å². The molecule has 1 amide bonds. The van der Waals surface area contributed by atoms with Gasteiger partial charge in [-0.15, -0.1) is 11.3 Å². The maximum atomic E-state index is 12.8. The van der Waals surface area contributed by atoms with Gasteiger partial charge in [-0.1, -0.05) is 24.3 Å². The Balaban J connectivity index is 1.58. The first-order chi connectivity index (χ1) is 13.1. The Morgan fingerprint density at radius 2 is 1.93 bits per heavy atom. The summed E-state index contributed by atoms with van der Waals surface area (Å²) in [5.41, 5.74) is 4.45. The van der Waals surface area contributed by atoms with Gasteiger partial charge in [0.2, 0.25) is 0 Å². The van der Waals surface area contributed by atoms with Crippen LogP contribution in [0.2, 0.25) is 0 Å². The van der Waals surface area contributed by atoms with Gasteiger partial charge in [0.25, 0.3) is 5.91 Å². The lowest BCUT2D eigenvalue weighted by molar-refractivity contribution is 0.0943. The van der Waals surface area contributed by atoms with Crippen molar-refractivity contribution >= 4 is 17.2 Å². The summed E-state index contributed by atoms with van der Waals surface area (Å²) in [7, 11) is 1.58. The van der Waals surface area contributed by atoms with Crippen molar-refractivity contribution in [3.05, 3.63) is 70.1 Å². The highest BCUT2D eigenvalue weighted by Crippen LogP contribution is 2.39. The number of thiophene rings is 1. The van der Waals surface area contributed by atoms with Gasteiger partial charge in [-0.05, 0) is 60.7 Å². The van der Waals surface area contributed by atoms with Crippen molar-refractivity contribution in [1.82, 2.24) is 5.32 Å². The highest BCUT2D eigenvalue weighted by atomic mass is 32.1. The molecule has 3 aromatic rings. The number of aryl methyl sites for hydroxylation is 2. The summed E-state index contributed by atoms with van der Waals surface area (Å²) >= 11 is 1.54. The summed E-state index contributed by atoms with van der Waals surface area (Å²) in [5, 5.41) is 13.1. The third-order valence-electron chi connectivity index (χ3n) is 5.01. The van der Waals surface area contributed by atoms with Crippen molar-refractivity contribution in [2.45, 2.75) is 25.8 Å². The molecule has 0 saturated heterocycles. The van der Waals surface area contributed by atoms with Gasteiger partial charge in [0.15, 0.2) is 0 Å². The van der Waals surface area contributed by atoms with E-state index in [1.165, 1.54) is 32.9 Å². The Morgan fingerprint density at radius 3 is 2.74 bits per heavy atom. The molecule has 27 heavy (non-hydrogen) atoms. The average Bonchev–Trinajstić information content (AvgIpc) is 3.13. The first kappa shape index (κ1) is 17.6. The van der Waals surface area contributed by atoms with Gasteiger partial charge in [0, 0.05) is 10.4 Å². The number of rotatable bonds is 4. The summed E-state index contributed by atoms with van der Waals surface area (Å²) < 4.78 is 5.22. The Kier molecular flexibility index (Phi) is 4.62. The highest BCUT2D eigenvalue weighted by molar-refractivity contribution is 7.17. The lowest BCUT2D eigenvalue weighted by atomic mass is 9.91. The Hall–Kier alpha value is -2.79. The number of amides is 1. The van der Waals surface area contributed by atoms with Crippen molar-refractivity contribution in [3.63, 3.8) is 0 Å². The van der Waals surface area contributed by atoms with Crippen LogP contribution in [0.1, 0.15) is 39.3 Å². The van der Waals surface area contributed by atoms with Crippen LogP contribution in [0.5, 0.6) is 11.5 Å². The van der Waals surface area contributed by atoms with Crippen LogP contribution in [-0.4, -0.2) is 18.1 Å². The number of phenols is 1. The molecule has 1 aromatic heterocycles. The fourth-order valence-corrected chi connectivity index (χ4v) is 4.71. The van der Waals surface area contributed by atoms with E-state index < -0.39 is 0 Å². The van der Waals surface area contributed by atoms with Gasteiger partial charge in [0.1, 0.15) is 11.5 Å². The Bertz CT molecular complexity index is 1010. The van der Waals surface area contributed by atoms with Crippen molar-refractivity contribution in [2.24, 2.45) is 0 Å². The SMILES string of the molecule is COc1ccc(O)c([C@H](C)NC(=O)c2cc3c(s2)-c2ccccc2CC3)c1. The van der Waals surface area contributed by atoms with Gasteiger partial charge in [0.05, 0.1) is 18.0 Å². The Labute approximate surface area is 162 Å². The van der Waals surface area contributed by atoms with E-state index >= 15 is 0 Å². The molecule has 1 heterocycles. The number of aromatic hydroxyl groups is 1. The van der Waals surface area contributed by atoms with Crippen LogP contribution in [0.15, 0.2) is 48.5 Å². The molecule has 2 N–H and O–H groups in total. The Morgan fingerprint density at radius 1 is 1.15 bits per heavy atom. The number of hydrogen-bond donors (Lipinski definition) is 2. The number of fused-ring (bicyclic) bond motifs is 3. The standard InChI is InChI=1S/C22H21NO3S/c1-13(18-12-16(26-2)9-10-19(18)24)23-22(25)20-11-15-8-7-14-5-3-4-6-17(14)21(15)27-20/h3-6,9-13,24H,7-8H2,1-2H3,(H,23,25)/t13-/m0/s1. The fraction of sp³-hybridized carbons (Fsp3) is 0.227. The van der Waals surface area contributed by atoms with Crippen molar-refractivity contribution in [3.8, 4) is 21.9 Å². The zero-order chi connectivity index (χ0) is 19.0. The van der Waals surface area contributed by atoms with Crippen molar-refractivity contribution in [1.29, 1.82) is 0 Å². The number of benzene rings is 2. The zero-order valence-corrected chi connectivity index (χ0v) is 16.1. The maximum absolute atomic E-state index is 12.8. The minimum Gasteiger partial charge on any atom is -0.508 e. The van der Waals surface area contributed by atoms with Gasteiger partial charge in [-0.2, -0.15) is 0 Å². The second kappa shape index (κ2) is 7.08. The predicted octanol–water partition coefficient (Wildman–Crippen LogP) is 4.72. The molecule has 4 rings (SSSR count). The summed E-state index contributed by atoms with van der Waals surface area (Å²) in [6, 6.07) is 15.1. The number of hydrogen-bond acceptors (Lipinski definition) is 4. The predicted molar refractivity (Wildman–Crippen MR) is 108 cm³/mol. The zero-order valence-electron chi connectivity index (χ0n) is 15.3. The van der Waals surface area contributed by atoms with Crippen LogP contribution in [0, 0.1) is 0 Å². The largest absolute Gasteiger partial charge is 0.508 e. The smallest absolute Gasteiger partial charge is 0.261 e. The van der Waals surface area contributed by atoms with Crippen LogP contribution in [0.4, 0.5) is 0 Å². The van der Waals surface area contributed by atoms with E-state index in [9.17, 15) is 9.90 Å². The molecule has 4 nitrogen and oxygen atoms in total. The van der Waals surface area contributed by atoms with Gasteiger partial charge < -0.3 is 15.2 Å². The first-order valence-electron chi connectivity index (χ1n) is 8.95. The van der Waals surface area contributed by atoms with Gasteiger partial charge in [-0.3, -0.25) is 4.79 Å². The summed E-state index contributed by atoms with van der Waals surface area (Å²) in [5.74, 6) is 0.664. The maximum Gasteiger partial charge on any atom is 0.261 e. The quantitative estimate of drug-likeness (QED) is 0.690. The molecule has 0 fully saturated rings. The molecule has 5 heteroatoms. The minimum atomic E-state index is -0.334. The van der Waals surface area contributed by atoms with E-state index in [1.807, 2.05) is 19.1 Å². The number of nitrogens with one attached hydrogen (secondary N) is 1. The molecule has 0 unspecified atom stereocenters.